The summed E-state index contributed by atoms with van der Waals surface area (Å²) in [6.07, 6.45) is 65.3. The Labute approximate surface area is 459 Å². The molecular weight excluding hydrogens is 940 g/mol. The molecule has 0 aliphatic rings. The molecule has 0 heterocycles. The number of unbranched alkanes of at least 4 members (excludes halogenated alkanes) is 38. The van der Waals surface area contributed by atoms with Crippen LogP contribution in [0.15, 0.2) is 36.5 Å². The first-order valence-electron chi connectivity index (χ1n) is 31.8. The maximum Gasteiger partial charge on any atom is 0.306 e. The van der Waals surface area contributed by atoms with Crippen molar-refractivity contribution in [1.29, 1.82) is 0 Å². The Morgan fingerprint density at radius 1 is 0.473 bits per heavy atom. The number of ether oxygens (including phenoxy) is 1. The molecule has 436 valence electrons. The summed E-state index contributed by atoms with van der Waals surface area (Å²) in [6, 6.07) is -0.885. The van der Waals surface area contributed by atoms with Crippen LogP contribution < -0.4 is 10.2 Å². The number of nitrogens with zero attached hydrogens (tertiary/aromatic N) is 1. The molecule has 0 saturated carbocycles. The van der Waals surface area contributed by atoms with Crippen molar-refractivity contribution in [3.05, 3.63) is 36.5 Å². The van der Waals surface area contributed by atoms with Gasteiger partial charge in [0.15, 0.2) is 0 Å². The molecule has 10 heteroatoms. The maximum absolute atomic E-state index is 13.5. The molecule has 0 aliphatic carbocycles. The van der Waals surface area contributed by atoms with Crippen molar-refractivity contribution in [3.63, 3.8) is 0 Å². The SMILES string of the molecule is CCCCC/C=C\C/C=C\CCCCCCCCCCCCCC(=O)NC(COP(=O)([O-])OCC[N+](C)(C)C)C(/C=C\CCCCCCCCCCCC)OC(=O)CCCCCCCCCCCCCCCCC. The summed E-state index contributed by atoms with van der Waals surface area (Å²) < 4.78 is 30.3. The Hall–Kier alpha value is -1.77. The second kappa shape index (κ2) is 54.6. The molecule has 0 aliphatic heterocycles. The Kier molecular flexibility index (Phi) is 53.3. The third kappa shape index (κ3) is 55.0. The average molecular weight is 1060 g/mol. The van der Waals surface area contributed by atoms with Gasteiger partial charge < -0.3 is 28.5 Å². The molecule has 0 rings (SSSR count). The number of quaternary nitrogens is 1. The van der Waals surface area contributed by atoms with Crippen molar-refractivity contribution in [2.45, 2.75) is 322 Å². The molecule has 0 aromatic rings. The molecule has 0 spiro atoms. The number of rotatable bonds is 58. The summed E-state index contributed by atoms with van der Waals surface area (Å²) in [5, 5.41) is 3.04. The quantitative estimate of drug-likeness (QED) is 0.0212. The van der Waals surface area contributed by atoms with Gasteiger partial charge in [-0.3, -0.25) is 14.2 Å². The summed E-state index contributed by atoms with van der Waals surface area (Å²) in [5.74, 6) is -0.529. The normalized spacial score (nSPS) is 13.9. The predicted octanol–water partition coefficient (Wildman–Crippen LogP) is 18.9. The molecule has 9 nitrogen and oxygen atoms in total. The van der Waals surface area contributed by atoms with Gasteiger partial charge >= 0.3 is 5.97 Å². The van der Waals surface area contributed by atoms with Crippen molar-refractivity contribution in [2.24, 2.45) is 0 Å². The van der Waals surface area contributed by atoms with Crippen LogP contribution in [-0.4, -0.2) is 69.4 Å². The van der Waals surface area contributed by atoms with E-state index in [9.17, 15) is 19.0 Å². The van der Waals surface area contributed by atoms with Gasteiger partial charge in [0.05, 0.1) is 33.8 Å². The first-order valence-corrected chi connectivity index (χ1v) is 33.3. The summed E-state index contributed by atoms with van der Waals surface area (Å²) in [6.45, 7) is 6.85. The Bertz CT molecular complexity index is 1360. The highest BCUT2D eigenvalue weighted by atomic mass is 31.2. The number of esters is 1. The number of carbonyl (C=O) groups is 2. The smallest absolute Gasteiger partial charge is 0.306 e. The number of hydrogen-bond acceptors (Lipinski definition) is 7. The van der Waals surface area contributed by atoms with Crippen LogP contribution >= 0.6 is 7.82 Å². The molecule has 1 N–H and O–H groups in total. The second-order valence-corrected chi connectivity index (χ2v) is 24.3. The number of phosphoric acid groups is 1. The Morgan fingerprint density at radius 3 is 1.24 bits per heavy atom. The lowest BCUT2D eigenvalue weighted by Crippen LogP contribution is -2.47. The highest BCUT2D eigenvalue weighted by molar-refractivity contribution is 7.45. The van der Waals surface area contributed by atoms with Gasteiger partial charge in [0.1, 0.15) is 19.3 Å². The van der Waals surface area contributed by atoms with Gasteiger partial charge in [0, 0.05) is 12.8 Å². The van der Waals surface area contributed by atoms with E-state index in [-0.39, 0.29) is 31.5 Å². The maximum atomic E-state index is 13.5. The number of phosphoric ester groups is 1. The molecule has 1 amide bonds. The lowest BCUT2D eigenvalue weighted by molar-refractivity contribution is -0.870. The van der Waals surface area contributed by atoms with E-state index in [1.165, 1.54) is 212 Å². The van der Waals surface area contributed by atoms with Crippen LogP contribution in [0.1, 0.15) is 310 Å². The molecule has 0 bridgehead atoms. The van der Waals surface area contributed by atoms with E-state index >= 15 is 0 Å². The van der Waals surface area contributed by atoms with Gasteiger partial charge in [0.25, 0.3) is 7.82 Å². The van der Waals surface area contributed by atoms with Crippen LogP contribution in [0.4, 0.5) is 0 Å². The van der Waals surface area contributed by atoms with E-state index in [0.29, 0.717) is 17.4 Å². The number of allylic oxidation sites excluding steroid dienone is 5. The van der Waals surface area contributed by atoms with Crippen LogP contribution in [-0.2, 0) is 27.9 Å². The number of nitrogens with one attached hydrogen (secondary N) is 1. The van der Waals surface area contributed by atoms with Crippen LogP contribution in [0.3, 0.4) is 0 Å². The van der Waals surface area contributed by atoms with Crippen molar-refractivity contribution in [2.75, 3.05) is 40.9 Å². The van der Waals surface area contributed by atoms with Crippen LogP contribution in [0.2, 0.25) is 0 Å². The highest BCUT2D eigenvalue weighted by Gasteiger charge is 2.27. The van der Waals surface area contributed by atoms with Crippen molar-refractivity contribution < 1.29 is 37.3 Å². The summed E-state index contributed by atoms with van der Waals surface area (Å²) in [5.41, 5.74) is 0. The van der Waals surface area contributed by atoms with Gasteiger partial charge in [-0.2, -0.15) is 0 Å². The lowest BCUT2D eigenvalue weighted by atomic mass is 10.0. The fourth-order valence-electron chi connectivity index (χ4n) is 9.38. The molecule has 3 atom stereocenters. The zero-order chi connectivity index (χ0) is 54.3. The molecule has 0 aromatic heterocycles. The summed E-state index contributed by atoms with van der Waals surface area (Å²) in [4.78, 5) is 40.0. The van der Waals surface area contributed by atoms with Gasteiger partial charge in [-0.05, 0) is 63.9 Å². The predicted molar refractivity (Wildman–Crippen MR) is 316 cm³/mol. The van der Waals surface area contributed by atoms with E-state index < -0.39 is 20.0 Å². The molecular formula is C64H123N2O7P. The molecule has 74 heavy (non-hydrogen) atoms. The molecule has 3 unspecified atom stereocenters. The lowest BCUT2D eigenvalue weighted by Gasteiger charge is -2.30. The van der Waals surface area contributed by atoms with E-state index in [0.717, 1.165) is 64.2 Å². The first-order chi connectivity index (χ1) is 35.9. The third-order valence-electron chi connectivity index (χ3n) is 14.3. The van der Waals surface area contributed by atoms with E-state index in [2.05, 4.69) is 50.4 Å². The minimum absolute atomic E-state index is 0.0202. The largest absolute Gasteiger partial charge is 0.756 e. The molecule has 0 fully saturated rings. The van der Waals surface area contributed by atoms with Crippen LogP contribution in [0.5, 0.6) is 0 Å². The van der Waals surface area contributed by atoms with E-state index in [4.69, 9.17) is 13.8 Å². The van der Waals surface area contributed by atoms with Gasteiger partial charge in [-0.25, -0.2) is 0 Å². The fraction of sp³-hybridized carbons (Fsp3) is 0.875. The van der Waals surface area contributed by atoms with Crippen LogP contribution in [0, 0.1) is 0 Å². The molecule has 0 aromatic carbocycles. The second-order valence-electron chi connectivity index (χ2n) is 22.9. The zero-order valence-corrected chi connectivity index (χ0v) is 50.7. The van der Waals surface area contributed by atoms with Crippen LogP contribution in [0.25, 0.3) is 0 Å². The zero-order valence-electron chi connectivity index (χ0n) is 49.8. The Morgan fingerprint density at radius 2 is 0.824 bits per heavy atom. The van der Waals surface area contributed by atoms with Gasteiger partial charge in [-0.1, -0.05) is 269 Å². The minimum Gasteiger partial charge on any atom is -0.756 e. The number of amides is 1. The minimum atomic E-state index is -4.69. The monoisotopic (exact) mass is 1060 g/mol. The third-order valence-corrected chi connectivity index (χ3v) is 15.3. The number of hydrogen-bond donors (Lipinski definition) is 1. The van der Waals surface area contributed by atoms with E-state index in [1.54, 1.807) is 0 Å². The summed E-state index contributed by atoms with van der Waals surface area (Å²) in [7, 11) is 1.20. The molecule has 0 saturated heterocycles. The molecule has 0 radical (unpaired) electrons. The van der Waals surface area contributed by atoms with Crippen molar-refractivity contribution in [3.8, 4) is 0 Å². The van der Waals surface area contributed by atoms with Crippen molar-refractivity contribution in [1.82, 2.24) is 5.32 Å². The standard InChI is InChI=1S/C64H123N2O7P/c1-7-10-13-16-19-22-25-28-30-31-32-33-34-35-37-38-41-44-47-50-53-56-63(67)65-61(60-72-74(69,70)71-59-58-66(4,5)6)62(55-52-49-46-43-40-27-24-21-18-15-12-9-3)73-64(68)57-54-51-48-45-42-39-36-29-26-23-20-17-14-11-8-2/h19,22,28,30,52,55,61-62H,7-18,20-21,23-27,29,31-51,53-54,56-60H2,1-6H3,(H-,65,67,69,70)/b22-19-,30-28-,55-52-. The first kappa shape index (κ1) is 72.2. The summed E-state index contributed by atoms with van der Waals surface area (Å²) >= 11 is 0. The highest BCUT2D eigenvalue weighted by Crippen LogP contribution is 2.38. The van der Waals surface area contributed by atoms with Crippen molar-refractivity contribution >= 4 is 19.7 Å². The van der Waals surface area contributed by atoms with E-state index in [1.807, 2.05) is 33.3 Å². The van der Waals surface area contributed by atoms with Gasteiger partial charge in [-0.15, -0.1) is 0 Å². The number of carbonyl (C=O) groups excluding carboxylic acids is 2. The van der Waals surface area contributed by atoms with Gasteiger partial charge in [0.2, 0.25) is 5.91 Å². The average Bonchev–Trinajstić information content (AvgIpc) is 3.36. The fourth-order valence-corrected chi connectivity index (χ4v) is 10.1. The number of likely N-dealkylation sites (N-methyl/N-ethyl adjacent to an activating group) is 1. The Balaban J connectivity index is 5.18. The topological polar surface area (TPSA) is 114 Å².